The zero-order valence-corrected chi connectivity index (χ0v) is 13.2. The minimum absolute atomic E-state index is 0.0177. The molecule has 2 atom stereocenters. The highest BCUT2D eigenvalue weighted by atomic mass is 32.2. The van der Waals surface area contributed by atoms with Crippen molar-refractivity contribution in [2.75, 3.05) is 13.1 Å². The molecule has 0 radical (unpaired) electrons. The lowest BCUT2D eigenvalue weighted by atomic mass is 10.0. The summed E-state index contributed by atoms with van der Waals surface area (Å²) in [6.45, 7) is 3.53. The van der Waals surface area contributed by atoms with E-state index < -0.39 is 10.2 Å². The summed E-state index contributed by atoms with van der Waals surface area (Å²) in [6.07, 6.45) is 2.27. The van der Waals surface area contributed by atoms with Crippen molar-refractivity contribution >= 4 is 10.2 Å². The molecule has 2 aliphatic rings. The van der Waals surface area contributed by atoms with E-state index in [9.17, 15) is 8.42 Å². The summed E-state index contributed by atoms with van der Waals surface area (Å²) in [6, 6.07) is 8.19. The van der Waals surface area contributed by atoms with Gasteiger partial charge < -0.3 is 5.73 Å². The molecule has 2 N–H and O–H groups in total. The Balaban J connectivity index is 1.80. The first kappa shape index (κ1) is 15.0. The van der Waals surface area contributed by atoms with E-state index >= 15 is 0 Å². The molecule has 0 bridgehead atoms. The maximum atomic E-state index is 12.9. The van der Waals surface area contributed by atoms with Crippen molar-refractivity contribution in [3.8, 4) is 0 Å². The minimum Gasteiger partial charge on any atom is -0.328 e. The fourth-order valence-electron chi connectivity index (χ4n) is 3.34. The molecule has 116 valence electrons. The van der Waals surface area contributed by atoms with Crippen molar-refractivity contribution in [1.29, 1.82) is 0 Å². The second-order valence-electron chi connectivity index (χ2n) is 6.10. The molecule has 0 amide bonds. The van der Waals surface area contributed by atoms with Gasteiger partial charge in [-0.15, -0.1) is 0 Å². The molecule has 2 aliphatic heterocycles. The van der Waals surface area contributed by atoms with Gasteiger partial charge in [0, 0.05) is 31.7 Å². The smallest absolute Gasteiger partial charge is 0.282 e. The zero-order chi connectivity index (χ0) is 15.0. The number of hydrogen-bond acceptors (Lipinski definition) is 3. The normalized spacial score (nSPS) is 28.3. The van der Waals surface area contributed by atoms with E-state index in [1.165, 1.54) is 5.56 Å². The molecule has 3 rings (SSSR count). The van der Waals surface area contributed by atoms with Crippen molar-refractivity contribution in [3.63, 3.8) is 0 Å². The molecule has 0 aliphatic carbocycles. The van der Waals surface area contributed by atoms with Crippen LogP contribution < -0.4 is 5.73 Å². The van der Waals surface area contributed by atoms with E-state index in [4.69, 9.17) is 5.73 Å². The number of nitrogens with zero attached hydrogens (tertiary/aromatic N) is 2. The van der Waals surface area contributed by atoms with Gasteiger partial charge in [-0.1, -0.05) is 24.3 Å². The van der Waals surface area contributed by atoms with Gasteiger partial charge >= 0.3 is 0 Å². The van der Waals surface area contributed by atoms with Crippen LogP contribution in [0.2, 0.25) is 0 Å². The van der Waals surface area contributed by atoms with Crippen LogP contribution in [0.25, 0.3) is 0 Å². The third-order valence-corrected chi connectivity index (χ3v) is 6.67. The lowest BCUT2D eigenvalue weighted by Gasteiger charge is -2.39. The Kier molecular flexibility index (Phi) is 4.05. The van der Waals surface area contributed by atoms with Crippen molar-refractivity contribution in [2.45, 2.75) is 44.8 Å². The first-order valence-corrected chi connectivity index (χ1v) is 8.97. The van der Waals surface area contributed by atoms with Gasteiger partial charge in [-0.3, -0.25) is 0 Å². The molecule has 2 heterocycles. The molecule has 0 spiro atoms. The summed E-state index contributed by atoms with van der Waals surface area (Å²) < 4.78 is 29.0. The Hall–Kier alpha value is -0.950. The monoisotopic (exact) mass is 309 g/mol. The van der Waals surface area contributed by atoms with Gasteiger partial charge in [0.25, 0.3) is 10.2 Å². The second-order valence-corrected chi connectivity index (χ2v) is 7.99. The fraction of sp³-hybridized carbons (Fsp3) is 0.600. The van der Waals surface area contributed by atoms with Gasteiger partial charge in [-0.05, 0) is 37.3 Å². The fourth-order valence-corrected chi connectivity index (χ4v) is 5.14. The van der Waals surface area contributed by atoms with E-state index in [1.807, 2.05) is 25.1 Å². The van der Waals surface area contributed by atoms with E-state index in [0.29, 0.717) is 19.6 Å². The van der Waals surface area contributed by atoms with Crippen LogP contribution in [0.4, 0.5) is 0 Å². The number of piperidine rings is 1. The number of rotatable bonds is 2. The van der Waals surface area contributed by atoms with Gasteiger partial charge in [0.1, 0.15) is 0 Å². The molecule has 0 saturated carbocycles. The number of hydrogen-bond donors (Lipinski definition) is 1. The third kappa shape index (κ3) is 2.85. The Morgan fingerprint density at radius 3 is 2.62 bits per heavy atom. The van der Waals surface area contributed by atoms with Crippen molar-refractivity contribution in [3.05, 3.63) is 35.4 Å². The third-order valence-electron chi connectivity index (χ3n) is 4.57. The first-order valence-electron chi connectivity index (χ1n) is 7.58. The van der Waals surface area contributed by atoms with Crippen LogP contribution in [0.3, 0.4) is 0 Å². The van der Waals surface area contributed by atoms with Crippen LogP contribution in [0.1, 0.15) is 30.9 Å². The molecular formula is C15H23N3O2S. The van der Waals surface area contributed by atoms with Gasteiger partial charge in [0.15, 0.2) is 0 Å². The van der Waals surface area contributed by atoms with E-state index in [-0.39, 0.29) is 12.1 Å². The summed E-state index contributed by atoms with van der Waals surface area (Å²) in [5, 5.41) is 0. The first-order chi connectivity index (χ1) is 9.98. The molecule has 5 nitrogen and oxygen atoms in total. The number of nitrogens with two attached hydrogens (primary N) is 1. The Labute approximate surface area is 126 Å². The van der Waals surface area contributed by atoms with Crippen LogP contribution in [0.5, 0.6) is 0 Å². The topological polar surface area (TPSA) is 66.6 Å². The second kappa shape index (κ2) is 5.68. The van der Waals surface area contributed by atoms with Crippen LogP contribution in [-0.2, 0) is 23.2 Å². The van der Waals surface area contributed by atoms with E-state index in [0.717, 1.165) is 24.8 Å². The summed E-state index contributed by atoms with van der Waals surface area (Å²) in [4.78, 5) is 0. The Morgan fingerprint density at radius 1 is 1.19 bits per heavy atom. The lowest BCUT2D eigenvalue weighted by Crippen LogP contribution is -2.53. The van der Waals surface area contributed by atoms with Crippen LogP contribution >= 0.6 is 0 Å². The molecule has 1 aromatic carbocycles. The zero-order valence-electron chi connectivity index (χ0n) is 12.4. The standard InChI is InChI=1S/C15H23N3O2S/c1-12-10-15(16)7-9-18(12)21(19,20)17-8-6-13-4-2-3-5-14(13)11-17/h2-5,12,15H,6-11,16H2,1H3. The molecule has 21 heavy (non-hydrogen) atoms. The van der Waals surface area contributed by atoms with Gasteiger partial charge in [-0.25, -0.2) is 0 Å². The summed E-state index contributed by atoms with van der Waals surface area (Å²) in [5.74, 6) is 0. The van der Waals surface area contributed by atoms with Crippen LogP contribution in [0.15, 0.2) is 24.3 Å². The van der Waals surface area contributed by atoms with Crippen molar-refractivity contribution < 1.29 is 8.42 Å². The minimum atomic E-state index is -3.39. The van der Waals surface area contributed by atoms with Gasteiger partial charge in [-0.2, -0.15) is 17.0 Å². The summed E-state index contributed by atoms with van der Waals surface area (Å²) in [7, 11) is -3.39. The van der Waals surface area contributed by atoms with Crippen molar-refractivity contribution in [2.24, 2.45) is 5.73 Å². The molecule has 6 heteroatoms. The Morgan fingerprint density at radius 2 is 1.90 bits per heavy atom. The molecular weight excluding hydrogens is 286 g/mol. The number of fused-ring (bicyclic) bond motifs is 1. The molecule has 0 aromatic heterocycles. The average Bonchev–Trinajstić information content (AvgIpc) is 2.46. The molecule has 2 unspecified atom stereocenters. The predicted octanol–water partition coefficient (Wildman–Crippen LogP) is 1.10. The van der Waals surface area contributed by atoms with Gasteiger partial charge in [0.2, 0.25) is 0 Å². The molecule has 1 fully saturated rings. The average molecular weight is 309 g/mol. The highest BCUT2D eigenvalue weighted by Crippen LogP contribution is 2.26. The number of benzene rings is 1. The quantitative estimate of drug-likeness (QED) is 0.889. The van der Waals surface area contributed by atoms with E-state index in [2.05, 4.69) is 6.07 Å². The van der Waals surface area contributed by atoms with E-state index in [1.54, 1.807) is 8.61 Å². The summed E-state index contributed by atoms with van der Waals surface area (Å²) >= 11 is 0. The predicted molar refractivity (Wildman–Crippen MR) is 82.9 cm³/mol. The highest BCUT2D eigenvalue weighted by molar-refractivity contribution is 7.86. The largest absolute Gasteiger partial charge is 0.328 e. The Bertz CT molecular complexity index is 617. The molecule has 1 saturated heterocycles. The highest BCUT2D eigenvalue weighted by Gasteiger charge is 2.37. The maximum absolute atomic E-state index is 12.9. The lowest BCUT2D eigenvalue weighted by molar-refractivity contribution is 0.224. The molecule has 1 aromatic rings. The van der Waals surface area contributed by atoms with Gasteiger partial charge in [0.05, 0.1) is 0 Å². The van der Waals surface area contributed by atoms with Crippen molar-refractivity contribution in [1.82, 2.24) is 8.61 Å². The SMILES string of the molecule is CC1CC(N)CCN1S(=O)(=O)N1CCc2ccccc2C1. The maximum Gasteiger partial charge on any atom is 0.282 e. The van der Waals surface area contributed by atoms with Crippen LogP contribution in [0, 0.1) is 0 Å². The summed E-state index contributed by atoms with van der Waals surface area (Å²) in [5.41, 5.74) is 8.32. The van der Waals surface area contributed by atoms with Crippen LogP contribution in [-0.4, -0.2) is 42.2 Å².